The van der Waals surface area contributed by atoms with Crippen LogP contribution in [0.25, 0.3) is 88.0 Å². The van der Waals surface area contributed by atoms with Crippen molar-refractivity contribution in [2.45, 2.75) is 0 Å². The molecule has 0 saturated heterocycles. The largest absolute Gasteiger partial charge is 0.456 e. The monoisotopic (exact) mass is 703 g/mol. The molecular formula is C52H33NO2. The van der Waals surface area contributed by atoms with Gasteiger partial charge < -0.3 is 13.7 Å². The Hall–Kier alpha value is -7.36. The maximum Gasteiger partial charge on any atom is 0.143 e. The summed E-state index contributed by atoms with van der Waals surface area (Å²) in [7, 11) is 0. The van der Waals surface area contributed by atoms with Gasteiger partial charge in [0.15, 0.2) is 0 Å². The number of nitrogens with zero attached hydrogens (tertiary/aromatic N) is 1. The first-order valence-corrected chi connectivity index (χ1v) is 18.7. The summed E-state index contributed by atoms with van der Waals surface area (Å²) in [6.07, 6.45) is 0. The van der Waals surface area contributed by atoms with Crippen molar-refractivity contribution in [3.05, 3.63) is 200 Å². The quantitative estimate of drug-likeness (QED) is 0.173. The number of fused-ring (bicyclic) bond motifs is 7. The van der Waals surface area contributed by atoms with Crippen LogP contribution in [-0.2, 0) is 0 Å². The second-order valence-corrected chi connectivity index (χ2v) is 14.0. The molecule has 0 radical (unpaired) electrons. The molecule has 3 nitrogen and oxygen atoms in total. The molecule has 258 valence electrons. The number of benzene rings is 9. The molecule has 0 spiro atoms. The van der Waals surface area contributed by atoms with E-state index in [1.165, 1.54) is 16.3 Å². The Kier molecular flexibility index (Phi) is 7.17. The Labute approximate surface area is 317 Å². The van der Waals surface area contributed by atoms with Crippen molar-refractivity contribution in [1.29, 1.82) is 0 Å². The lowest BCUT2D eigenvalue weighted by molar-refractivity contribution is 0.669. The molecule has 0 bridgehead atoms. The highest BCUT2D eigenvalue weighted by Gasteiger charge is 2.22. The average Bonchev–Trinajstić information content (AvgIpc) is 3.82. The van der Waals surface area contributed by atoms with E-state index >= 15 is 0 Å². The predicted molar refractivity (Wildman–Crippen MR) is 229 cm³/mol. The summed E-state index contributed by atoms with van der Waals surface area (Å²) in [6.45, 7) is 0. The second kappa shape index (κ2) is 12.6. The van der Waals surface area contributed by atoms with Crippen molar-refractivity contribution < 1.29 is 8.83 Å². The minimum Gasteiger partial charge on any atom is -0.456 e. The fraction of sp³-hybridized carbons (Fsp3) is 0. The van der Waals surface area contributed by atoms with Gasteiger partial charge in [-0.25, -0.2) is 0 Å². The van der Waals surface area contributed by atoms with Crippen LogP contribution in [0.2, 0.25) is 0 Å². The average molecular weight is 704 g/mol. The predicted octanol–water partition coefficient (Wildman–Crippen LogP) is 15.1. The molecule has 0 aliphatic heterocycles. The van der Waals surface area contributed by atoms with Crippen LogP contribution < -0.4 is 4.90 Å². The van der Waals surface area contributed by atoms with Crippen LogP contribution in [-0.4, -0.2) is 0 Å². The number of hydrogen-bond donors (Lipinski definition) is 0. The van der Waals surface area contributed by atoms with E-state index in [1.807, 2.05) is 24.3 Å². The topological polar surface area (TPSA) is 29.5 Å². The molecule has 0 aliphatic carbocycles. The standard InChI is InChI=1S/C52H33NO2/c1-2-15-38-34(13-1)14-11-21-41(38)42-17-4-8-24-48(42)53(37-30-27-35(28-31-37)40-20-12-22-46-44-19-6-10-26-50(44)55-52(40)46)47-23-7-3-16-39(47)36-29-32-45-43-18-5-9-25-49(43)54-51(45)33-36/h1-33H. The Morgan fingerprint density at radius 1 is 0.309 bits per heavy atom. The molecule has 0 aliphatic rings. The van der Waals surface area contributed by atoms with Crippen LogP contribution >= 0.6 is 0 Å². The highest BCUT2D eigenvalue weighted by atomic mass is 16.3. The number of furan rings is 2. The fourth-order valence-electron chi connectivity index (χ4n) is 8.34. The van der Waals surface area contributed by atoms with Gasteiger partial charge >= 0.3 is 0 Å². The smallest absolute Gasteiger partial charge is 0.143 e. The van der Waals surface area contributed by atoms with E-state index in [1.54, 1.807) is 0 Å². The van der Waals surface area contributed by atoms with Crippen LogP contribution in [0.4, 0.5) is 17.1 Å². The summed E-state index contributed by atoms with van der Waals surface area (Å²) in [6, 6.07) is 71.0. The summed E-state index contributed by atoms with van der Waals surface area (Å²) >= 11 is 0. The van der Waals surface area contributed by atoms with Crippen molar-refractivity contribution in [1.82, 2.24) is 0 Å². The SMILES string of the molecule is c1ccc(N(c2ccc(-c3cccc4c3oc3ccccc34)cc2)c2ccccc2-c2cccc3ccccc23)c(-c2ccc3c(c2)oc2ccccc23)c1. The highest BCUT2D eigenvalue weighted by Crippen LogP contribution is 2.47. The maximum atomic E-state index is 6.45. The zero-order valence-electron chi connectivity index (χ0n) is 29.8. The van der Waals surface area contributed by atoms with Gasteiger partial charge in [-0.3, -0.25) is 0 Å². The first kappa shape index (κ1) is 31.2. The summed E-state index contributed by atoms with van der Waals surface area (Å²) in [5, 5.41) is 6.93. The van der Waals surface area contributed by atoms with Gasteiger partial charge in [0.05, 0.1) is 11.4 Å². The van der Waals surface area contributed by atoms with Crippen molar-refractivity contribution in [2.75, 3.05) is 4.90 Å². The minimum atomic E-state index is 0.875. The molecule has 11 aromatic rings. The molecule has 0 saturated carbocycles. The lowest BCUT2D eigenvalue weighted by Gasteiger charge is -2.30. The van der Waals surface area contributed by atoms with Crippen LogP contribution in [0.5, 0.6) is 0 Å². The van der Waals surface area contributed by atoms with E-state index in [0.29, 0.717) is 0 Å². The fourth-order valence-corrected chi connectivity index (χ4v) is 8.34. The van der Waals surface area contributed by atoms with E-state index < -0.39 is 0 Å². The molecule has 3 heteroatoms. The Morgan fingerprint density at radius 2 is 0.836 bits per heavy atom. The van der Waals surface area contributed by atoms with Crippen LogP contribution in [0, 0.1) is 0 Å². The number of rotatable bonds is 6. The molecule has 0 amide bonds. The molecule has 0 fully saturated rings. The molecule has 2 aromatic heterocycles. The van der Waals surface area contributed by atoms with E-state index in [9.17, 15) is 0 Å². The van der Waals surface area contributed by atoms with Crippen molar-refractivity contribution in [3.63, 3.8) is 0 Å². The van der Waals surface area contributed by atoms with Gasteiger partial charge in [-0.1, -0.05) is 152 Å². The van der Waals surface area contributed by atoms with Gasteiger partial charge in [0.1, 0.15) is 22.3 Å². The number of hydrogen-bond acceptors (Lipinski definition) is 3. The van der Waals surface area contributed by atoms with Gasteiger partial charge in [-0.2, -0.15) is 0 Å². The van der Waals surface area contributed by atoms with Gasteiger partial charge in [-0.15, -0.1) is 0 Å². The lowest BCUT2D eigenvalue weighted by atomic mass is 9.95. The van der Waals surface area contributed by atoms with Gasteiger partial charge in [-0.05, 0) is 76.0 Å². The molecule has 11 rings (SSSR count). The first-order valence-electron chi connectivity index (χ1n) is 18.7. The zero-order chi connectivity index (χ0) is 36.3. The van der Waals surface area contributed by atoms with Gasteiger partial charge in [0, 0.05) is 43.9 Å². The zero-order valence-corrected chi connectivity index (χ0v) is 29.8. The molecule has 2 heterocycles. The number of anilines is 3. The van der Waals surface area contributed by atoms with Crippen LogP contribution in [0.1, 0.15) is 0 Å². The second-order valence-electron chi connectivity index (χ2n) is 14.0. The third kappa shape index (κ3) is 5.13. The van der Waals surface area contributed by atoms with Gasteiger partial charge in [0.25, 0.3) is 0 Å². The third-order valence-electron chi connectivity index (χ3n) is 10.9. The minimum absolute atomic E-state index is 0.875. The molecule has 9 aromatic carbocycles. The number of para-hydroxylation sites is 5. The Balaban J connectivity index is 1.11. The summed E-state index contributed by atoms with van der Waals surface area (Å²) in [4.78, 5) is 2.40. The summed E-state index contributed by atoms with van der Waals surface area (Å²) < 4.78 is 12.8. The van der Waals surface area contributed by atoms with E-state index in [-0.39, 0.29) is 0 Å². The Bertz CT molecular complexity index is 3220. The Morgan fingerprint density at radius 3 is 1.65 bits per heavy atom. The maximum absolute atomic E-state index is 6.45. The summed E-state index contributed by atoms with van der Waals surface area (Å²) in [5.41, 5.74) is 13.5. The first-order chi connectivity index (χ1) is 27.3. The van der Waals surface area contributed by atoms with E-state index in [0.717, 1.165) is 88.8 Å². The van der Waals surface area contributed by atoms with Gasteiger partial charge in [0.2, 0.25) is 0 Å². The lowest BCUT2D eigenvalue weighted by Crippen LogP contribution is -2.12. The normalized spacial score (nSPS) is 11.6. The van der Waals surface area contributed by atoms with Crippen molar-refractivity contribution in [2.24, 2.45) is 0 Å². The highest BCUT2D eigenvalue weighted by molar-refractivity contribution is 6.10. The molecular weight excluding hydrogens is 671 g/mol. The molecule has 0 N–H and O–H groups in total. The molecule has 55 heavy (non-hydrogen) atoms. The van der Waals surface area contributed by atoms with E-state index in [4.69, 9.17) is 8.83 Å². The van der Waals surface area contributed by atoms with Crippen LogP contribution in [0.15, 0.2) is 209 Å². The summed E-state index contributed by atoms with van der Waals surface area (Å²) in [5.74, 6) is 0. The molecule has 0 unspecified atom stereocenters. The van der Waals surface area contributed by atoms with E-state index in [2.05, 4.69) is 181 Å². The molecule has 0 atom stereocenters. The van der Waals surface area contributed by atoms with Crippen molar-refractivity contribution >= 4 is 71.7 Å². The van der Waals surface area contributed by atoms with Crippen molar-refractivity contribution in [3.8, 4) is 33.4 Å². The van der Waals surface area contributed by atoms with Crippen LogP contribution in [0.3, 0.4) is 0 Å². The third-order valence-corrected chi connectivity index (χ3v) is 10.9.